The van der Waals surface area contributed by atoms with Crippen LogP contribution in [0.4, 0.5) is 5.69 Å². The number of hydrazine groups is 1. The van der Waals surface area contributed by atoms with Crippen molar-refractivity contribution in [1.29, 1.82) is 0 Å². The summed E-state index contributed by atoms with van der Waals surface area (Å²) in [5.41, 5.74) is 5.26. The highest BCUT2D eigenvalue weighted by molar-refractivity contribution is 6.24. The minimum atomic E-state index is -0.386. The molecule has 5 nitrogen and oxygen atoms in total. The molecule has 2 amide bonds. The average Bonchev–Trinajstić information content (AvgIpc) is 3.31. The summed E-state index contributed by atoms with van der Waals surface area (Å²) in [6, 6.07) is 13.8. The van der Waals surface area contributed by atoms with E-state index >= 15 is 0 Å². The number of imide groups is 1. The van der Waals surface area contributed by atoms with Gasteiger partial charge in [0.25, 0.3) is 5.91 Å². The largest absolute Gasteiger partial charge is 0.274 e. The molecule has 0 radical (unpaired) electrons. The summed E-state index contributed by atoms with van der Waals surface area (Å²) in [4.78, 5) is 28.4. The normalized spacial score (nSPS) is 27.5. The molecule has 5 rings (SSSR count). The lowest BCUT2D eigenvalue weighted by Crippen LogP contribution is -2.44. The molecule has 3 aliphatic rings. The standard InChI is InChI=1S/C23H25N3O2/c1-14-5-8-17(9-6-14)20-19-21(25-12-4-11-24(20)25)23(28)26(22(19)27)18-10-7-15(2)16(3)13-18/h5-10,13,19-21H,4,11-12H2,1-3H3/t19-,20+,21-/m0/s1. The first-order chi connectivity index (χ1) is 13.5. The van der Waals surface area contributed by atoms with Crippen LogP contribution in [0.2, 0.25) is 0 Å². The minimum Gasteiger partial charge on any atom is -0.274 e. The predicted octanol–water partition coefficient (Wildman–Crippen LogP) is 3.15. The van der Waals surface area contributed by atoms with Gasteiger partial charge in [0.05, 0.1) is 17.6 Å². The molecule has 3 aliphatic heterocycles. The molecule has 0 saturated carbocycles. The van der Waals surface area contributed by atoms with Crippen molar-refractivity contribution < 1.29 is 9.59 Å². The maximum Gasteiger partial charge on any atom is 0.253 e. The quantitative estimate of drug-likeness (QED) is 0.757. The van der Waals surface area contributed by atoms with Crippen molar-refractivity contribution >= 4 is 17.5 Å². The number of hydrogen-bond donors (Lipinski definition) is 0. The molecule has 0 spiro atoms. The van der Waals surface area contributed by atoms with Gasteiger partial charge in [-0.25, -0.2) is 14.9 Å². The molecular formula is C23H25N3O2. The first-order valence-electron chi connectivity index (χ1n) is 10.0. The molecule has 3 fully saturated rings. The van der Waals surface area contributed by atoms with E-state index in [0.717, 1.165) is 36.2 Å². The first-order valence-corrected chi connectivity index (χ1v) is 10.0. The molecule has 3 saturated heterocycles. The van der Waals surface area contributed by atoms with Gasteiger partial charge in [-0.05, 0) is 56.0 Å². The average molecular weight is 375 g/mol. The van der Waals surface area contributed by atoms with Gasteiger partial charge < -0.3 is 0 Å². The second-order valence-electron chi connectivity index (χ2n) is 8.29. The van der Waals surface area contributed by atoms with Gasteiger partial charge in [-0.1, -0.05) is 35.9 Å². The molecule has 144 valence electrons. The van der Waals surface area contributed by atoms with Crippen molar-refractivity contribution in [2.45, 2.75) is 39.3 Å². The van der Waals surface area contributed by atoms with E-state index in [4.69, 9.17) is 0 Å². The first kappa shape index (κ1) is 17.6. The van der Waals surface area contributed by atoms with Crippen LogP contribution in [0.15, 0.2) is 42.5 Å². The van der Waals surface area contributed by atoms with E-state index in [1.54, 1.807) is 0 Å². The molecule has 28 heavy (non-hydrogen) atoms. The number of benzene rings is 2. The monoisotopic (exact) mass is 375 g/mol. The van der Waals surface area contributed by atoms with Crippen LogP contribution in [0.25, 0.3) is 0 Å². The van der Waals surface area contributed by atoms with Gasteiger partial charge in [-0.2, -0.15) is 0 Å². The number of carbonyl (C=O) groups is 2. The fourth-order valence-electron chi connectivity index (χ4n) is 5.00. The number of nitrogens with zero attached hydrogens (tertiary/aromatic N) is 3. The van der Waals surface area contributed by atoms with E-state index in [2.05, 4.69) is 41.2 Å². The van der Waals surface area contributed by atoms with E-state index in [1.807, 2.05) is 32.0 Å². The highest BCUT2D eigenvalue weighted by atomic mass is 16.2. The lowest BCUT2D eigenvalue weighted by Gasteiger charge is -2.30. The van der Waals surface area contributed by atoms with Crippen LogP contribution in [-0.2, 0) is 9.59 Å². The maximum atomic E-state index is 13.5. The second kappa shape index (κ2) is 6.26. The zero-order valence-corrected chi connectivity index (χ0v) is 16.6. The van der Waals surface area contributed by atoms with Crippen LogP contribution >= 0.6 is 0 Å². The molecule has 0 aromatic heterocycles. The highest BCUT2D eigenvalue weighted by Crippen LogP contribution is 2.48. The summed E-state index contributed by atoms with van der Waals surface area (Å²) in [6.45, 7) is 7.85. The minimum absolute atomic E-state index is 0.0684. The zero-order chi connectivity index (χ0) is 19.6. The van der Waals surface area contributed by atoms with Gasteiger partial charge >= 0.3 is 0 Å². The maximum absolute atomic E-state index is 13.5. The molecule has 0 N–H and O–H groups in total. The van der Waals surface area contributed by atoms with E-state index < -0.39 is 0 Å². The molecule has 0 unspecified atom stereocenters. The third-order valence-electron chi connectivity index (χ3n) is 6.57. The van der Waals surface area contributed by atoms with Crippen LogP contribution in [0.1, 0.15) is 34.7 Å². The van der Waals surface area contributed by atoms with Crippen LogP contribution < -0.4 is 4.90 Å². The number of aryl methyl sites for hydroxylation is 3. The second-order valence-corrected chi connectivity index (χ2v) is 8.29. The smallest absolute Gasteiger partial charge is 0.253 e. The Bertz CT molecular complexity index is 968. The van der Waals surface area contributed by atoms with Gasteiger partial charge in [0.1, 0.15) is 6.04 Å². The number of hydrogen-bond acceptors (Lipinski definition) is 4. The molecule has 2 aromatic rings. The number of carbonyl (C=O) groups excluding carboxylic acids is 2. The topological polar surface area (TPSA) is 43.9 Å². The van der Waals surface area contributed by atoms with Crippen LogP contribution in [0.5, 0.6) is 0 Å². The summed E-state index contributed by atoms with van der Waals surface area (Å²) >= 11 is 0. The van der Waals surface area contributed by atoms with Crippen molar-refractivity contribution in [2.24, 2.45) is 5.92 Å². The molecular weight excluding hydrogens is 350 g/mol. The van der Waals surface area contributed by atoms with E-state index in [1.165, 1.54) is 10.5 Å². The summed E-state index contributed by atoms with van der Waals surface area (Å²) in [7, 11) is 0. The van der Waals surface area contributed by atoms with Crippen molar-refractivity contribution in [3.63, 3.8) is 0 Å². The van der Waals surface area contributed by atoms with E-state index in [-0.39, 0.29) is 29.8 Å². The van der Waals surface area contributed by atoms with Gasteiger partial charge in [-0.3, -0.25) is 9.59 Å². The molecule has 0 aliphatic carbocycles. The van der Waals surface area contributed by atoms with Crippen LogP contribution in [-0.4, -0.2) is 41.0 Å². The van der Waals surface area contributed by atoms with Crippen molar-refractivity contribution in [1.82, 2.24) is 10.0 Å². The highest BCUT2D eigenvalue weighted by Gasteiger charge is 2.62. The third-order valence-corrected chi connectivity index (χ3v) is 6.57. The summed E-state index contributed by atoms with van der Waals surface area (Å²) in [5, 5.41) is 4.41. The third kappa shape index (κ3) is 2.39. The Labute approximate surface area is 165 Å². The van der Waals surface area contributed by atoms with Crippen molar-refractivity contribution in [2.75, 3.05) is 18.0 Å². The molecule has 3 heterocycles. The predicted molar refractivity (Wildman–Crippen MR) is 108 cm³/mol. The Morgan fingerprint density at radius 1 is 0.786 bits per heavy atom. The van der Waals surface area contributed by atoms with Gasteiger partial charge in [0.15, 0.2) is 0 Å². The van der Waals surface area contributed by atoms with Crippen molar-refractivity contribution in [3.8, 4) is 0 Å². The Balaban J connectivity index is 1.58. The molecule has 0 bridgehead atoms. The van der Waals surface area contributed by atoms with E-state index in [9.17, 15) is 9.59 Å². The fourth-order valence-corrected chi connectivity index (χ4v) is 5.00. The Hall–Kier alpha value is -2.50. The molecule has 5 heteroatoms. The van der Waals surface area contributed by atoms with Crippen LogP contribution in [0.3, 0.4) is 0 Å². The lowest BCUT2D eigenvalue weighted by atomic mass is 9.89. The SMILES string of the molecule is Cc1ccc([C@@H]2[C@@H]3C(=O)N(c4ccc(C)c(C)c4)C(=O)[C@H]3N3CCCN23)cc1. The van der Waals surface area contributed by atoms with Gasteiger partial charge in [0, 0.05) is 13.1 Å². The van der Waals surface area contributed by atoms with Gasteiger partial charge in [-0.15, -0.1) is 0 Å². The number of amides is 2. The van der Waals surface area contributed by atoms with Crippen LogP contribution in [0, 0.1) is 26.7 Å². The zero-order valence-electron chi connectivity index (χ0n) is 16.6. The summed E-state index contributed by atoms with van der Waals surface area (Å²) < 4.78 is 0. The summed E-state index contributed by atoms with van der Waals surface area (Å²) in [6.07, 6.45) is 1.02. The Morgan fingerprint density at radius 2 is 1.46 bits per heavy atom. The van der Waals surface area contributed by atoms with Gasteiger partial charge in [0.2, 0.25) is 5.91 Å². The Kier molecular flexibility index (Phi) is 3.93. The number of fused-ring (bicyclic) bond motifs is 3. The fraction of sp³-hybridized carbons (Fsp3) is 0.391. The number of anilines is 1. The molecule has 2 aromatic carbocycles. The van der Waals surface area contributed by atoms with Crippen molar-refractivity contribution in [3.05, 3.63) is 64.7 Å². The lowest BCUT2D eigenvalue weighted by molar-refractivity contribution is -0.126. The number of rotatable bonds is 2. The Morgan fingerprint density at radius 3 is 2.14 bits per heavy atom. The summed E-state index contributed by atoms with van der Waals surface area (Å²) in [5.74, 6) is -0.505. The van der Waals surface area contributed by atoms with E-state index in [0.29, 0.717) is 5.69 Å². The molecule has 3 atom stereocenters.